The number of nitrogens with one attached hydrogen (secondary N) is 3. The number of para-hydroxylation sites is 1. The predicted octanol–water partition coefficient (Wildman–Crippen LogP) is 4.01. The van der Waals surface area contributed by atoms with Crippen molar-refractivity contribution in [2.24, 2.45) is 5.92 Å². The van der Waals surface area contributed by atoms with E-state index in [1.807, 2.05) is 24.3 Å². The highest BCUT2D eigenvalue weighted by atomic mass is 19.1. The number of carboxylic acid groups (broad SMARTS) is 1. The zero-order valence-corrected chi connectivity index (χ0v) is 27.5. The number of anilines is 4. The van der Waals surface area contributed by atoms with Gasteiger partial charge in [-0.2, -0.15) is 4.39 Å². The molecule has 3 amide bonds. The summed E-state index contributed by atoms with van der Waals surface area (Å²) in [6, 6.07) is 19.3. The SMILES string of the molecule is O=C(N[C@@H](Cc1ccc(NC(=O)N2CCN(c3ccccc3)CC2)cc1)C(=O)O)C1CCCN(c2ncnc(NCc3cccnc3)c2F)C1. The molecule has 14 heteroatoms. The molecule has 1 unspecified atom stereocenters. The fourth-order valence-electron chi connectivity index (χ4n) is 6.23. The third kappa shape index (κ3) is 8.62. The Balaban J connectivity index is 0.999. The first-order valence-electron chi connectivity index (χ1n) is 16.7. The quantitative estimate of drug-likeness (QED) is 0.183. The Hall–Kier alpha value is -5.79. The number of carbonyl (C=O) groups excluding carboxylic acids is 2. The van der Waals surface area contributed by atoms with Crippen molar-refractivity contribution in [3.63, 3.8) is 0 Å². The fourth-order valence-corrected chi connectivity index (χ4v) is 6.23. The van der Waals surface area contributed by atoms with E-state index in [1.54, 1.807) is 52.5 Å². The van der Waals surface area contributed by atoms with Gasteiger partial charge in [0, 0.05) is 76.0 Å². The Morgan fingerprint density at radius 3 is 2.40 bits per heavy atom. The van der Waals surface area contributed by atoms with Gasteiger partial charge in [0.25, 0.3) is 0 Å². The lowest BCUT2D eigenvalue weighted by atomic mass is 9.96. The molecule has 2 aromatic heterocycles. The van der Waals surface area contributed by atoms with E-state index in [2.05, 4.69) is 47.9 Å². The lowest BCUT2D eigenvalue weighted by Gasteiger charge is -2.36. The maximum atomic E-state index is 15.5. The molecule has 0 saturated carbocycles. The second kappa shape index (κ2) is 16.1. The number of piperidine rings is 1. The summed E-state index contributed by atoms with van der Waals surface area (Å²) in [5, 5.41) is 18.5. The molecule has 4 aromatic rings. The normalized spacial score (nSPS) is 16.7. The third-order valence-electron chi connectivity index (χ3n) is 8.99. The maximum Gasteiger partial charge on any atom is 0.326 e. The number of carboxylic acids is 1. The summed E-state index contributed by atoms with van der Waals surface area (Å²) in [4.78, 5) is 56.4. The molecule has 50 heavy (non-hydrogen) atoms. The number of amides is 3. The molecule has 2 fully saturated rings. The van der Waals surface area contributed by atoms with Crippen LogP contribution in [0.1, 0.15) is 24.0 Å². The number of urea groups is 1. The molecule has 0 radical (unpaired) electrons. The molecule has 13 nitrogen and oxygen atoms in total. The van der Waals surface area contributed by atoms with Crippen LogP contribution in [0.15, 0.2) is 85.5 Å². The topological polar surface area (TPSA) is 156 Å². The van der Waals surface area contributed by atoms with Crippen LogP contribution in [0.3, 0.4) is 0 Å². The molecule has 2 saturated heterocycles. The molecule has 260 valence electrons. The van der Waals surface area contributed by atoms with Crippen LogP contribution >= 0.6 is 0 Å². The van der Waals surface area contributed by atoms with E-state index in [0.717, 1.165) is 24.3 Å². The van der Waals surface area contributed by atoms with Gasteiger partial charge in [-0.15, -0.1) is 0 Å². The first kappa shape index (κ1) is 34.1. The Labute approximate surface area is 289 Å². The molecule has 4 heterocycles. The van der Waals surface area contributed by atoms with Crippen molar-refractivity contribution in [2.45, 2.75) is 31.8 Å². The summed E-state index contributed by atoms with van der Waals surface area (Å²) in [6.45, 7) is 3.67. The summed E-state index contributed by atoms with van der Waals surface area (Å²) in [7, 11) is 0. The Morgan fingerprint density at radius 1 is 0.900 bits per heavy atom. The number of rotatable bonds is 11. The van der Waals surface area contributed by atoms with Crippen molar-refractivity contribution in [1.29, 1.82) is 0 Å². The number of nitrogens with zero attached hydrogens (tertiary/aromatic N) is 6. The molecule has 0 aliphatic carbocycles. The van der Waals surface area contributed by atoms with E-state index in [0.29, 0.717) is 50.3 Å². The van der Waals surface area contributed by atoms with Crippen LogP contribution < -0.4 is 25.8 Å². The largest absolute Gasteiger partial charge is 0.480 e. The van der Waals surface area contributed by atoms with Crippen LogP contribution in [0.5, 0.6) is 0 Å². The summed E-state index contributed by atoms with van der Waals surface area (Å²) < 4.78 is 15.5. The average Bonchev–Trinajstić information content (AvgIpc) is 3.15. The summed E-state index contributed by atoms with van der Waals surface area (Å²) in [5.74, 6) is -2.62. The van der Waals surface area contributed by atoms with Crippen LogP contribution in [0.25, 0.3) is 0 Å². The number of aliphatic carboxylic acids is 1. The summed E-state index contributed by atoms with van der Waals surface area (Å²) >= 11 is 0. The zero-order valence-electron chi connectivity index (χ0n) is 27.5. The van der Waals surface area contributed by atoms with Gasteiger partial charge in [-0.25, -0.2) is 19.6 Å². The molecule has 0 bridgehead atoms. The fraction of sp³-hybridized carbons (Fsp3) is 0.333. The number of aromatic nitrogens is 3. The summed E-state index contributed by atoms with van der Waals surface area (Å²) in [6.07, 6.45) is 5.80. The van der Waals surface area contributed by atoms with E-state index in [1.165, 1.54) is 6.33 Å². The average molecular weight is 682 g/mol. The monoisotopic (exact) mass is 681 g/mol. The highest BCUT2D eigenvalue weighted by Gasteiger charge is 2.31. The van der Waals surface area contributed by atoms with E-state index in [-0.39, 0.29) is 30.6 Å². The van der Waals surface area contributed by atoms with E-state index < -0.39 is 29.7 Å². The number of piperazine rings is 1. The molecular weight excluding hydrogens is 641 g/mol. The van der Waals surface area contributed by atoms with E-state index in [9.17, 15) is 19.5 Å². The Morgan fingerprint density at radius 2 is 1.68 bits per heavy atom. The minimum atomic E-state index is -1.17. The zero-order chi connectivity index (χ0) is 34.9. The predicted molar refractivity (Wildman–Crippen MR) is 187 cm³/mol. The van der Waals surface area contributed by atoms with Crippen molar-refractivity contribution in [2.75, 3.05) is 59.7 Å². The summed E-state index contributed by atoms with van der Waals surface area (Å²) in [5.41, 5.74) is 3.28. The van der Waals surface area contributed by atoms with Gasteiger partial charge in [0.2, 0.25) is 11.7 Å². The Bertz CT molecular complexity index is 1760. The van der Waals surface area contributed by atoms with Gasteiger partial charge in [0.1, 0.15) is 12.4 Å². The lowest BCUT2D eigenvalue weighted by molar-refractivity contribution is -0.142. The Kier molecular flexibility index (Phi) is 11.0. The highest BCUT2D eigenvalue weighted by molar-refractivity contribution is 5.89. The number of hydrogen-bond donors (Lipinski definition) is 4. The molecule has 2 aliphatic heterocycles. The first-order valence-corrected chi connectivity index (χ1v) is 16.7. The number of carbonyl (C=O) groups is 3. The molecular formula is C36H40FN9O4. The highest BCUT2D eigenvalue weighted by Crippen LogP contribution is 2.27. The van der Waals surface area contributed by atoms with Crippen molar-refractivity contribution >= 4 is 40.9 Å². The smallest absolute Gasteiger partial charge is 0.326 e. The molecule has 6 rings (SSSR count). The standard InChI is InChI=1S/C36H40FN9O4/c37-31-32(39-22-26-6-4-14-38-21-26)40-24-41-33(31)46-15-5-7-27(23-46)34(47)43-30(35(48)49)20-25-10-12-28(13-11-25)42-36(50)45-18-16-44(17-19-45)29-8-2-1-3-9-29/h1-4,6,8-14,21,24,27,30H,5,7,15-20,22-23H2,(H,42,50)(H,43,47)(H,48,49)(H,39,40,41)/t27?,30-/m0/s1. The van der Waals surface area contributed by atoms with Crippen LogP contribution in [0.2, 0.25) is 0 Å². The van der Waals surface area contributed by atoms with Crippen LogP contribution in [0.4, 0.5) is 32.2 Å². The second-order valence-electron chi connectivity index (χ2n) is 12.4. The number of pyridine rings is 1. The minimum Gasteiger partial charge on any atom is -0.480 e. The van der Waals surface area contributed by atoms with Gasteiger partial charge in [0.05, 0.1) is 5.92 Å². The first-order chi connectivity index (χ1) is 24.3. The van der Waals surface area contributed by atoms with Gasteiger partial charge in [-0.05, 0) is 54.3 Å². The lowest BCUT2D eigenvalue weighted by Crippen LogP contribution is -2.50. The van der Waals surface area contributed by atoms with Crippen molar-refractivity contribution in [3.05, 3.63) is 102 Å². The molecule has 0 spiro atoms. The van der Waals surface area contributed by atoms with Crippen molar-refractivity contribution in [3.8, 4) is 0 Å². The third-order valence-corrected chi connectivity index (χ3v) is 8.99. The van der Waals surface area contributed by atoms with E-state index >= 15 is 4.39 Å². The van der Waals surface area contributed by atoms with Gasteiger partial charge < -0.3 is 35.8 Å². The van der Waals surface area contributed by atoms with Gasteiger partial charge >= 0.3 is 12.0 Å². The molecule has 2 aromatic carbocycles. The van der Waals surface area contributed by atoms with E-state index in [4.69, 9.17) is 0 Å². The molecule has 2 aliphatic rings. The van der Waals surface area contributed by atoms with Crippen molar-refractivity contribution < 1.29 is 23.9 Å². The van der Waals surface area contributed by atoms with Gasteiger partial charge in [-0.1, -0.05) is 36.4 Å². The minimum absolute atomic E-state index is 0.0450. The van der Waals surface area contributed by atoms with Crippen molar-refractivity contribution in [1.82, 2.24) is 25.2 Å². The van der Waals surface area contributed by atoms with Crippen LogP contribution in [-0.4, -0.2) is 88.2 Å². The van der Waals surface area contributed by atoms with Crippen LogP contribution in [0, 0.1) is 11.7 Å². The second-order valence-corrected chi connectivity index (χ2v) is 12.4. The maximum absolute atomic E-state index is 15.5. The number of halogens is 1. The van der Waals surface area contributed by atoms with Gasteiger partial charge in [-0.3, -0.25) is 9.78 Å². The van der Waals surface area contributed by atoms with Crippen LogP contribution in [-0.2, 0) is 22.6 Å². The number of benzene rings is 2. The van der Waals surface area contributed by atoms with Gasteiger partial charge in [0.15, 0.2) is 11.6 Å². The molecule has 4 N–H and O–H groups in total. The molecule has 2 atom stereocenters. The number of hydrogen-bond acceptors (Lipinski definition) is 9.